The Balaban J connectivity index is 2.46. The number of nitrogens with two attached hydrogens (primary N) is 1. The second-order valence-corrected chi connectivity index (χ2v) is 3.76. The lowest BCUT2D eigenvalue weighted by Gasteiger charge is -2.06. The van der Waals surface area contributed by atoms with Gasteiger partial charge in [0.15, 0.2) is 5.78 Å². The lowest BCUT2D eigenvalue weighted by Crippen LogP contribution is -2.29. The second kappa shape index (κ2) is 5.05. The monoisotopic (exact) mass is 230 g/mol. The molecule has 0 saturated heterocycles. The normalized spacial score (nSPS) is 18.0. The van der Waals surface area contributed by atoms with Crippen LogP contribution >= 0.6 is 0 Å². The zero-order valence-electron chi connectivity index (χ0n) is 9.16. The van der Waals surface area contributed by atoms with Gasteiger partial charge in [0, 0.05) is 0 Å². The van der Waals surface area contributed by atoms with E-state index >= 15 is 0 Å². The van der Waals surface area contributed by atoms with E-state index in [1.54, 1.807) is 6.92 Å². The van der Waals surface area contributed by atoms with Crippen LogP contribution in [0, 0.1) is 5.41 Å². The van der Waals surface area contributed by atoms with Crippen molar-refractivity contribution in [2.45, 2.75) is 19.8 Å². The molecule has 0 spiro atoms. The largest absolute Gasteiger partial charge is 0.460 e. The highest BCUT2D eigenvalue weighted by Crippen LogP contribution is 2.46. The number of carbonyl (C=O) groups is 2. The second-order valence-electron chi connectivity index (χ2n) is 3.76. The summed E-state index contributed by atoms with van der Waals surface area (Å²) in [5, 5.41) is 0. The molecule has 0 amide bonds. The number of ketones is 1. The summed E-state index contributed by atoms with van der Waals surface area (Å²) < 4.78 is 17.1. The van der Waals surface area contributed by atoms with Crippen LogP contribution in [0.3, 0.4) is 0 Å². The number of alkyl halides is 1. The maximum Gasteiger partial charge on any atom is 0.373 e. The molecule has 90 valence electrons. The Bertz CT molecular complexity index is 324. The van der Waals surface area contributed by atoms with Crippen LogP contribution in [0.15, 0.2) is 4.99 Å². The van der Waals surface area contributed by atoms with Crippen LogP contribution < -0.4 is 5.73 Å². The number of hydrogen-bond donors (Lipinski definition) is 1. The van der Waals surface area contributed by atoms with Crippen molar-refractivity contribution in [3.05, 3.63) is 0 Å². The van der Waals surface area contributed by atoms with Gasteiger partial charge in [0.25, 0.3) is 0 Å². The lowest BCUT2D eigenvalue weighted by molar-refractivity contribution is -0.135. The maximum absolute atomic E-state index is 12.5. The van der Waals surface area contributed by atoms with Crippen molar-refractivity contribution in [2.75, 3.05) is 19.8 Å². The van der Waals surface area contributed by atoms with Gasteiger partial charge in [-0.15, -0.1) is 0 Å². The van der Waals surface area contributed by atoms with E-state index in [9.17, 15) is 14.0 Å². The van der Waals surface area contributed by atoms with Crippen LogP contribution in [0.25, 0.3) is 0 Å². The molecule has 0 heterocycles. The Hall–Kier alpha value is -1.46. The van der Waals surface area contributed by atoms with Gasteiger partial charge in [-0.3, -0.25) is 14.2 Å². The molecule has 0 aromatic carbocycles. The Morgan fingerprint density at radius 3 is 2.56 bits per heavy atom. The molecule has 0 radical (unpaired) electrons. The van der Waals surface area contributed by atoms with E-state index in [1.807, 2.05) is 0 Å². The quantitative estimate of drug-likeness (QED) is 0.416. The van der Waals surface area contributed by atoms with Gasteiger partial charge in [-0.25, -0.2) is 4.79 Å². The number of ether oxygens (including phenoxy) is 1. The Labute approximate surface area is 92.9 Å². The molecule has 16 heavy (non-hydrogen) atoms. The molecule has 1 fully saturated rings. The van der Waals surface area contributed by atoms with Crippen molar-refractivity contribution in [1.82, 2.24) is 0 Å². The van der Waals surface area contributed by atoms with Crippen LogP contribution in [-0.2, 0) is 14.3 Å². The fourth-order valence-corrected chi connectivity index (χ4v) is 1.23. The first-order valence-corrected chi connectivity index (χ1v) is 5.12. The van der Waals surface area contributed by atoms with Crippen LogP contribution in [0.2, 0.25) is 0 Å². The number of halogens is 1. The number of esters is 1. The van der Waals surface area contributed by atoms with Gasteiger partial charge in [0.05, 0.1) is 12.0 Å². The van der Waals surface area contributed by atoms with Crippen molar-refractivity contribution in [3.8, 4) is 0 Å². The predicted octanol–water partition coefficient (Wildman–Crippen LogP) is 0.225. The number of hydrogen-bond acceptors (Lipinski definition) is 4. The van der Waals surface area contributed by atoms with E-state index in [2.05, 4.69) is 9.73 Å². The standard InChI is InChI=1S/C10H15FN2O3/c1-2-16-9(15)8(12)13-5-7(14)10(6-11)3-4-10/h2-6H2,1H3,(H2,12,13). The number of rotatable bonds is 5. The molecule has 0 aliphatic heterocycles. The molecule has 0 atom stereocenters. The van der Waals surface area contributed by atoms with Crippen LogP contribution in [0.5, 0.6) is 0 Å². The van der Waals surface area contributed by atoms with Gasteiger partial charge < -0.3 is 10.5 Å². The van der Waals surface area contributed by atoms with Crippen molar-refractivity contribution in [1.29, 1.82) is 0 Å². The molecule has 1 aliphatic rings. The Morgan fingerprint density at radius 1 is 1.50 bits per heavy atom. The highest BCUT2D eigenvalue weighted by molar-refractivity contribution is 6.34. The molecule has 0 aromatic heterocycles. The molecule has 1 aliphatic carbocycles. The minimum absolute atomic E-state index is 0.192. The van der Waals surface area contributed by atoms with Crippen molar-refractivity contribution in [2.24, 2.45) is 16.1 Å². The predicted molar refractivity (Wildman–Crippen MR) is 55.8 cm³/mol. The molecular weight excluding hydrogens is 215 g/mol. The summed E-state index contributed by atoms with van der Waals surface area (Å²) in [6, 6.07) is 0. The summed E-state index contributed by atoms with van der Waals surface area (Å²) in [4.78, 5) is 26.1. The number of Topliss-reactive ketones (excluding diaryl/α,β-unsaturated/α-hetero) is 1. The summed E-state index contributed by atoms with van der Waals surface area (Å²) in [6.45, 7) is 0.908. The smallest absolute Gasteiger partial charge is 0.373 e. The fourth-order valence-electron chi connectivity index (χ4n) is 1.23. The maximum atomic E-state index is 12.5. The minimum atomic E-state index is -0.849. The third kappa shape index (κ3) is 2.77. The summed E-state index contributed by atoms with van der Waals surface area (Å²) in [6.07, 6.45) is 1.11. The molecule has 1 rings (SSSR count). The highest BCUT2D eigenvalue weighted by atomic mass is 19.1. The number of nitrogens with zero attached hydrogens (tertiary/aromatic N) is 1. The van der Waals surface area contributed by atoms with E-state index in [1.165, 1.54) is 0 Å². The van der Waals surface area contributed by atoms with Crippen LogP contribution in [0.1, 0.15) is 19.8 Å². The van der Waals surface area contributed by atoms with Gasteiger partial charge in [0.2, 0.25) is 5.84 Å². The summed E-state index contributed by atoms with van der Waals surface area (Å²) in [7, 11) is 0. The van der Waals surface area contributed by atoms with Crippen molar-refractivity contribution in [3.63, 3.8) is 0 Å². The van der Waals surface area contributed by atoms with Crippen LogP contribution in [-0.4, -0.2) is 37.4 Å². The summed E-state index contributed by atoms with van der Waals surface area (Å²) in [5.74, 6) is -1.40. The molecule has 0 bridgehead atoms. The van der Waals surface area contributed by atoms with E-state index in [0.717, 1.165) is 0 Å². The SMILES string of the molecule is CCOC(=O)C(N)=NCC(=O)C1(CF)CC1. The zero-order chi connectivity index (χ0) is 12.2. The Kier molecular flexibility index (Phi) is 3.98. The van der Waals surface area contributed by atoms with Gasteiger partial charge in [-0.2, -0.15) is 0 Å². The molecule has 2 N–H and O–H groups in total. The topological polar surface area (TPSA) is 81.8 Å². The number of aliphatic imine (C=N–C) groups is 1. The highest BCUT2D eigenvalue weighted by Gasteiger charge is 2.49. The zero-order valence-corrected chi connectivity index (χ0v) is 9.16. The van der Waals surface area contributed by atoms with Gasteiger partial charge in [-0.05, 0) is 19.8 Å². The molecule has 0 aromatic rings. The summed E-state index contributed by atoms with van der Waals surface area (Å²) in [5.41, 5.74) is 4.44. The third-order valence-electron chi connectivity index (χ3n) is 2.58. The fraction of sp³-hybridized carbons (Fsp3) is 0.700. The third-order valence-corrected chi connectivity index (χ3v) is 2.58. The average Bonchev–Trinajstić information content (AvgIpc) is 3.06. The van der Waals surface area contributed by atoms with Gasteiger partial charge in [0.1, 0.15) is 13.2 Å². The minimum Gasteiger partial charge on any atom is -0.460 e. The van der Waals surface area contributed by atoms with Crippen LogP contribution in [0.4, 0.5) is 4.39 Å². The van der Waals surface area contributed by atoms with Gasteiger partial charge >= 0.3 is 5.97 Å². The first-order valence-electron chi connectivity index (χ1n) is 5.12. The van der Waals surface area contributed by atoms with E-state index in [4.69, 9.17) is 5.73 Å². The molecule has 0 unspecified atom stereocenters. The molecule has 5 nitrogen and oxygen atoms in total. The van der Waals surface area contributed by atoms with Gasteiger partial charge in [-0.1, -0.05) is 0 Å². The number of carbonyl (C=O) groups excluding carboxylic acids is 2. The summed E-state index contributed by atoms with van der Waals surface area (Å²) >= 11 is 0. The van der Waals surface area contributed by atoms with E-state index in [-0.39, 0.29) is 24.8 Å². The number of amidine groups is 1. The van der Waals surface area contributed by atoms with Crippen molar-refractivity contribution < 1.29 is 18.7 Å². The lowest BCUT2D eigenvalue weighted by atomic mass is 10.0. The molecular formula is C10H15FN2O3. The van der Waals surface area contributed by atoms with E-state index in [0.29, 0.717) is 12.8 Å². The molecule has 1 saturated carbocycles. The van der Waals surface area contributed by atoms with Crippen molar-refractivity contribution >= 4 is 17.6 Å². The first kappa shape index (κ1) is 12.6. The average molecular weight is 230 g/mol. The Morgan fingerprint density at radius 2 is 2.12 bits per heavy atom. The first-order chi connectivity index (χ1) is 7.55. The molecule has 6 heteroatoms. The van der Waals surface area contributed by atoms with E-state index < -0.39 is 18.1 Å².